The maximum Gasteiger partial charge on any atom is 0.418 e. The second kappa shape index (κ2) is 5.33. The van der Waals surface area contributed by atoms with E-state index in [2.05, 4.69) is 10.1 Å². The number of sulfone groups is 1. The molecule has 0 radical (unpaired) electrons. The number of halogens is 3. The molecule has 0 amide bonds. The van der Waals surface area contributed by atoms with E-state index in [0.29, 0.717) is 5.82 Å². The molecule has 0 spiro atoms. The summed E-state index contributed by atoms with van der Waals surface area (Å²) in [7, 11) is -3.45. The molecule has 1 saturated carbocycles. The number of aromatic nitrogens is 3. The molecule has 0 aliphatic heterocycles. The Balaban J connectivity index is 2.16. The first-order chi connectivity index (χ1) is 10.6. The molecule has 0 unspecified atom stereocenters. The fraction of sp³-hybridized carbons (Fsp3) is 0.429. The highest BCUT2D eigenvalue weighted by atomic mass is 32.2. The van der Waals surface area contributed by atoms with Crippen molar-refractivity contribution in [3.8, 4) is 5.69 Å². The van der Waals surface area contributed by atoms with Crippen molar-refractivity contribution in [2.75, 3.05) is 6.26 Å². The van der Waals surface area contributed by atoms with Gasteiger partial charge in [0.15, 0.2) is 15.7 Å². The topological polar surface area (TPSA) is 64.8 Å². The van der Waals surface area contributed by atoms with E-state index >= 15 is 0 Å². The lowest BCUT2D eigenvalue weighted by Gasteiger charge is -2.13. The molecule has 1 aromatic carbocycles. The maximum atomic E-state index is 13.2. The molecule has 0 N–H and O–H groups in total. The molecule has 1 aliphatic carbocycles. The first-order valence-corrected chi connectivity index (χ1v) is 9.01. The predicted octanol–water partition coefficient (Wildman–Crippen LogP) is 2.71. The summed E-state index contributed by atoms with van der Waals surface area (Å²) in [4.78, 5) is 4.16. The lowest BCUT2D eigenvalue weighted by atomic mass is 10.1. The molecule has 1 aromatic heterocycles. The van der Waals surface area contributed by atoms with Crippen LogP contribution < -0.4 is 0 Å². The highest BCUT2D eigenvalue weighted by Crippen LogP contribution is 2.39. The van der Waals surface area contributed by atoms with Crippen LogP contribution in [0.1, 0.15) is 36.0 Å². The summed E-state index contributed by atoms with van der Waals surface area (Å²) in [6.45, 7) is 0. The lowest BCUT2D eigenvalue weighted by Crippen LogP contribution is -2.15. The minimum atomic E-state index is -4.56. The van der Waals surface area contributed by atoms with Gasteiger partial charge in [0.05, 0.1) is 11.3 Å². The molecule has 0 saturated heterocycles. The van der Waals surface area contributed by atoms with Gasteiger partial charge < -0.3 is 0 Å². The van der Waals surface area contributed by atoms with E-state index in [0.717, 1.165) is 29.8 Å². The maximum absolute atomic E-state index is 13.2. The van der Waals surface area contributed by atoms with Crippen LogP contribution in [0, 0.1) is 0 Å². The van der Waals surface area contributed by atoms with Gasteiger partial charge in [-0.05, 0) is 25.0 Å². The van der Waals surface area contributed by atoms with Crippen molar-refractivity contribution in [1.29, 1.82) is 0 Å². The van der Waals surface area contributed by atoms with Crippen LogP contribution >= 0.6 is 0 Å². The molecule has 1 fully saturated rings. The molecule has 2 aromatic rings. The summed E-state index contributed by atoms with van der Waals surface area (Å²) in [5.74, 6) is 0.0539. The highest BCUT2D eigenvalue weighted by Gasteiger charge is 2.36. The summed E-state index contributed by atoms with van der Waals surface area (Å²) >= 11 is 0. The number of hydrogen-bond donors (Lipinski definition) is 0. The molecule has 1 aliphatic rings. The Kier molecular flexibility index (Phi) is 3.70. The number of benzene rings is 1. The van der Waals surface area contributed by atoms with Crippen LogP contribution in [-0.2, 0) is 21.8 Å². The van der Waals surface area contributed by atoms with E-state index in [1.807, 2.05) is 0 Å². The molecule has 124 valence electrons. The number of para-hydroxylation sites is 1. The van der Waals surface area contributed by atoms with Gasteiger partial charge in [-0.25, -0.2) is 18.1 Å². The third-order valence-corrected chi connectivity index (χ3v) is 4.24. The zero-order chi connectivity index (χ0) is 16.8. The van der Waals surface area contributed by atoms with Crippen LogP contribution in [0.2, 0.25) is 0 Å². The van der Waals surface area contributed by atoms with E-state index in [1.165, 1.54) is 18.2 Å². The largest absolute Gasteiger partial charge is 0.418 e. The predicted molar refractivity (Wildman–Crippen MR) is 76.9 cm³/mol. The number of alkyl halides is 3. The number of nitrogens with zero attached hydrogens (tertiary/aromatic N) is 3. The molecule has 5 nitrogen and oxygen atoms in total. The third-order valence-electron chi connectivity index (χ3n) is 3.46. The first-order valence-electron chi connectivity index (χ1n) is 6.95. The number of hydrogen-bond acceptors (Lipinski definition) is 4. The van der Waals surface area contributed by atoms with Gasteiger partial charge in [-0.15, -0.1) is 0 Å². The Morgan fingerprint density at radius 3 is 2.48 bits per heavy atom. The van der Waals surface area contributed by atoms with Gasteiger partial charge in [0, 0.05) is 12.2 Å². The fourth-order valence-corrected chi connectivity index (χ4v) is 2.95. The van der Waals surface area contributed by atoms with Crippen LogP contribution in [0.4, 0.5) is 13.2 Å². The molecular weight excluding hydrogens is 331 g/mol. The van der Waals surface area contributed by atoms with Gasteiger partial charge in [0.1, 0.15) is 11.6 Å². The summed E-state index contributed by atoms with van der Waals surface area (Å²) in [6, 6.07) is 4.94. The van der Waals surface area contributed by atoms with Gasteiger partial charge in [-0.2, -0.15) is 18.3 Å². The van der Waals surface area contributed by atoms with Crippen LogP contribution in [0.15, 0.2) is 24.3 Å². The van der Waals surface area contributed by atoms with Gasteiger partial charge in [-0.3, -0.25) is 0 Å². The summed E-state index contributed by atoms with van der Waals surface area (Å²) in [5.41, 5.74) is -1.08. The minimum absolute atomic E-state index is 0.00565. The average Bonchev–Trinajstić information content (AvgIpc) is 3.19. The third kappa shape index (κ3) is 3.54. The van der Waals surface area contributed by atoms with Crippen LogP contribution in [0.5, 0.6) is 0 Å². The SMILES string of the molecule is CS(=O)(=O)Cc1nc(C2CC2)nn1-c1ccccc1C(F)(F)F. The van der Waals surface area contributed by atoms with Crippen molar-refractivity contribution < 1.29 is 21.6 Å². The van der Waals surface area contributed by atoms with E-state index in [4.69, 9.17) is 0 Å². The Hall–Kier alpha value is -1.90. The van der Waals surface area contributed by atoms with E-state index < -0.39 is 27.3 Å². The van der Waals surface area contributed by atoms with Crippen molar-refractivity contribution in [3.05, 3.63) is 41.5 Å². The molecular formula is C14H14F3N3O2S. The Bertz CT molecular complexity index is 839. The van der Waals surface area contributed by atoms with Crippen LogP contribution in [0.3, 0.4) is 0 Å². The highest BCUT2D eigenvalue weighted by molar-refractivity contribution is 7.89. The monoisotopic (exact) mass is 345 g/mol. The normalized spacial score (nSPS) is 15.8. The molecule has 9 heteroatoms. The second-order valence-electron chi connectivity index (χ2n) is 5.66. The average molecular weight is 345 g/mol. The second-order valence-corrected chi connectivity index (χ2v) is 7.80. The van der Waals surface area contributed by atoms with Gasteiger partial charge >= 0.3 is 6.18 Å². The Morgan fingerprint density at radius 2 is 1.91 bits per heavy atom. The fourth-order valence-electron chi connectivity index (χ4n) is 2.30. The summed E-state index contributed by atoms with van der Waals surface area (Å²) in [6.07, 6.45) is -1.82. The zero-order valence-corrected chi connectivity index (χ0v) is 13.0. The molecule has 0 atom stereocenters. The van der Waals surface area contributed by atoms with E-state index in [1.54, 1.807) is 0 Å². The molecule has 23 heavy (non-hydrogen) atoms. The van der Waals surface area contributed by atoms with Crippen LogP contribution in [0.25, 0.3) is 5.69 Å². The van der Waals surface area contributed by atoms with Gasteiger partial charge in [-0.1, -0.05) is 12.1 Å². The minimum Gasteiger partial charge on any atom is -0.229 e. The van der Waals surface area contributed by atoms with Crippen molar-refractivity contribution >= 4 is 9.84 Å². The van der Waals surface area contributed by atoms with E-state index in [-0.39, 0.29) is 17.4 Å². The van der Waals surface area contributed by atoms with Gasteiger partial charge in [0.2, 0.25) is 0 Å². The summed E-state index contributed by atoms with van der Waals surface area (Å²) in [5, 5.41) is 4.14. The van der Waals surface area contributed by atoms with Gasteiger partial charge in [0.25, 0.3) is 0 Å². The smallest absolute Gasteiger partial charge is 0.229 e. The lowest BCUT2D eigenvalue weighted by molar-refractivity contribution is -0.137. The first kappa shape index (κ1) is 16.0. The Labute approximate surface area is 131 Å². The molecule has 3 rings (SSSR count). The molecule has 0 bridgehead atoms. The number of rotatable bonds is 4. The van der Waals surface area contributed by atoms with Crippen molar-refractivity contribution in [2.24, 2.45) is 0 Å². The van der Waals surface area contributed by atoms with Crippen molar-refractivity contribution in [2.45, 2.75) is 30.7 Å². The summed E-state index contributed by atoms with van der Waals surface area (Å²) < 4.78 is 63.7. The van der Waals surface area contributed by atoms with Crippen molar-refractivity contribution in [3.63, 3.8) is 0 Å². The zero-order valence-electron chi connectivity index (χ0n) is 12.2. The quantitative estimate of drug-likeness (QED) is 0.855. The van der Waals surface area contributed by atoms with Crippen molar-refractivity contribution in [1.82, 2.24) is 14.8 Å². The van der Waals surface area contributed by atoms with E-state index in [9.17, 15) is 21.6 Å². The molecule has 1 heterocycles. The standard InChI is InChI=1S/C14H14F3N3O2S/c1-23(21,22)8-12-18-13(9-6-7-9)19-20(12)11-5-3-2-4-10(11)14(15,16)17/h2-5,9H,6-8H2,1H3. The van der Waals surface area contributed by atoms with Crippen LogP contribution in [-0.4, -0.2) is 29.4 Å². The Morgan fingerprint density at radius 1 is 1.26 bits per heavy atom.